The minimum atomic E-state index is -0.612. The lowest BCUT2D eigenvalue weighted by molar-refractivity contribution is 0.150. The Kier molecular flexibility index (Phi) is 2.68. The number of fused-ring (bicyclic) bond motifs is 1. The SMILES string of the molecule is Cc1ccn(CC(O)c2ccc3c(c2)OCO3)n1. The summed E-state index contributed by atoms with van der Waals surface area (Å²) in [4.78, 5) is 0. The quantitative estimate of drug-likeness (QED) is 0.894. The molecule has 3 rings (SSSR count). The van der Waals surface area contributed by atoms with Crippen molar-refractivity contribution in [3.63, 3.8) is 0 Å². The molecule has 0 aliphatic carbocycles. The molecule has 1 unspecified atom stereocenters. The molecule has 2 aromatic rings. The van der Waals surface area contributed by atoms with Gasteiger partial charge in [-0.2, -0.15) is 5.10 Å². The molecule has 1 atom stereocenters. The Balaban J connectivity index is 1.78. The second kappa shape index (κ2) is 4.34. The van der Waals surface area contributed by atoms with Crippen LogP contribution in [0.1, 0.15) is 17.4 Å². The number of benzene rings is 1. The Labute approximate surface area is 105 Å². The maximum atomic E-state index is 10.2. The van der Waals surface area contributed by atoms with Gasteiger partial charge in [0, 0.05) is 6.20 Å². The van der Waals surface area contributed by atoms with Crippen LogP contribution in [0, 0.1) is 6.92 Å². The zero-order valence-corrected chi connectivity index (χ0v) is 10.0. The number of aliphatic hydroxyl groups is 1. The smallest absolute Gasteiger partial charge is 0.231 e. The Morgan fingerprint density at radius 2 is 2.17 bits per heavy atom. The van der Waals surface area contributed by atoms with Gasteiger partial charge >= 0.3 is 0 Å². The van der Waals surface area contributed by atoms with Crippen LogP contribution in [0.5, 0.6) is 11.5 Å². The number of aromatic nitrogens is 2. The normalized spacial score (nSPS) is 14.8. The Morgan fingerprint density at radius 1 is 1.33 bits per heavy atom. The highest BCUT2D eigenvalue weighted by Gasteiger charge is 2.16. The molecule has 0 bridgehead atoms. The number of aryl methyl sites for hydroxylation is 1. The van der Waals surface area contributed by atoms with Crippen LogP contribution in [0.25, 0.3) is 0 Å². The highest BCUT2D eigenvalue weighted by Crippen LogP contribution is 2.34. The van der Waals surface area contributed by atoms with Crippen molar-refractivity contribution >= 4 is 0 Å². The van der Waals surface area contributed by atoms with Crippen LogP contribution in [0.15, 0.2) is 30.5 Å². The van der Waals surface area contributed by atoms with Crippen molar-refractivity contribution in [2.24, 2.45) is 0 Å². The van der Waals surface area contributed by atoms with Gasteiger partial charge in [-0.1, -0.05) is 6.07 Å². The molecule has 1 aliphatic rings. The second-order valence-corrected chi connectivity index (χ2v) is 4.31. The first kappa shape index (κ1) is 11.1. The van der Waals surface area contributed by atoms with E-state index in [9.17, 15) is 5.11 Å². The third kappa shape index (κ3) is 2.04. The Bertz CT molecular complexity index is 565. The fourth-order valence-electron chi connectivity index (χ4n) is 1.97. The highest BCUT2D eigenvalue weighted by molar-refractivity contribution is 5.45. The summed E-state index contributed by atoms with van der Waals surface area (Å²) in [6, 6.07) is 7.37. The molecular formula is C13H14N2O3. The van der Waals surface area contributed by atoms with Crippen LogP contribution in [0.2, 0.25) is 0 Å². The molecule has 5 nitrogen and oxygen atoms in total. The summed E-state index contributed by atoms with van der Waals surface area (Å²) in [5.41, 5.74) is 1.74. The molecule has 18 heavy (non-hydrogen) atoms. The molecule has 0 saturated carbocycles. The standard InChI is InChI=1S/C13H14N2O3/c1-9-4-5-15(14-9)7-11(16)10-2-3-12-13(6-10)18-8-17-12/h2-6,11,16H,7-8H2,1H3. The van der Waals surface area contributed by atoms with Crippen LogP contribution in [0.3, 0.4) is 0 Å². The molecule has 0 amide bonds. The molecule has 0 spiro atoms. The van der Waals surface area contributed by atoms with E-state index in [2.05, 4.69) is 5.10 Å². The molecular weight excluding hydrogens is 232 g/mol. The number of aliphatic hydroxyl groups excluding tert-OH is 1. The highest BCUT2D eigenvalue weighted by atomic mass is 16.7. The first-order chi connectivity index (χ1) is 8.72. The summed E-state index contributed by atoms with van der Waals surface area (Å²) < 4.78 is 12.2. The summed E-state index contributed by atoms with van der Waals surface area (Å²) in [6.07, 6.45) is 1.24. The predicted molar refractivity (Wildman–Crippen MR) is 64.5 cm³/mol. The summed E-state index contributed by atoms with van der Waals surface area (Å²) in [6.45, 7) is 2.59. The molecule has 0 fully saturated rings. The molecule has 0 radical (unpaired) electrons. The van der Waals surface area contributed by atoms with Crippen molar-refractivity contribution in [1.82, 2.24) is 9.78 Å². The number of rotatable bonds is 3. The number of hydrogen-bond donors (Lipinski definition) is 1. The third-order valence-electron chi connectivity index (χ3n) is 2.92. The maximum Gasteiger partial charge on any atom is 0.231 e. The largest absolute Gasteiger partial charge is 0.454 e. The van der Waals surface area contributed by atoms with E-state index in [1.165, 1.54) is 0 Å². The van der Waals surface area contributed by atoms with Crippen molar-refractivity contribution in [2.45, 2.75) is 19.6 Å². The molecule has 1 aliphatic heterocycles. The van der Waals surface area contributed by atoms with Crippen LogP contribution in [-0.2, 0) is 6.54 Å². The summed E-state index contributed by atoms with van der Waals surface area (Å²) in [5, 5.41) is 14.4. The van der Waals surface area contributed by atoms with Gasteiger partial charge in [0.1, 0.15) is 0 Å². The van der Waals surface area contributed by atoms with Crippen molar-refractivity contribution in [3.05, 3.63) is 41.7 Å². The molecule has 5 heteroatoms. The van der Waals surface area contributed by atoms with E-state index in [1.807, 2.05) is 37.4 Å². The molecule has 2 heterocycles. The zero-order chi connectivity index (χ0) is 12.5. The van der Waals surface area contributed by atoms with Gasteiger partial charge in [0.15, 0.2) is 11.5 Å². The van der Waals surface area contributed by atoms with Gasteiger partial charge in [0.05, 0.1) is 18.3 Å². The molecule has 1 aromatic heterocycles. The van der Waals surface area contributed by atoms with Crippen LogP contribution < -0.4 is 9.47 Å². The third-order valence-corrected chi connectivity index (χ3v) is 2.92. The topological polar surface area (TPSA) is 56.5 Å². The monoisotopic (exact) mass is 246 g/mol. The number of ether oxygens (including phenoxy) is 2. The lowest BCUT2D eigenvalue weighted by Crippen LogP contribution is -2.09. The first-order valence-corrected chi connectivity index (χ1v) is 5.80. The molecule has 1 N–H and O–H groups in total. The van der Waals surface area contributed by atoms with Crippen LogP contribution in [-0.4, -0.2) is 21.7 Å². The molecule has 0 saturated heterocycles. The number of nitrogens with zero attached hydrogens (tertiary/aromatic N) is 2. The van der Waals surface area contributed by atoms with Gasteiger partial charge in [-0.05, 0) is 30.7 Å². The van der Waals surface area contributed by atoms with E-state index >= 15 is 0 Å². The minimum Gasteiger partial charge on any atom is -0.454 e. The van der Waals surface area contributed by atoms with Crippen molar-refractivity contribution in [3.8, 4) is 11.5 Å². The van der Waals surface area contributed by atoms with E-state index in [0.29, 0.717) is 12.3 Å². The average Bonchev–Trinajstić information content (AvgIpc) is 2.96. The molecule has 1 aromatic carbocycles. The Morgan fingerprint density at radius 3 is 2.94 bits per heavy atom. The molecule has 94 valence electrons. The van der Waals surface area contributed by atoms with Crippen molar-refractivity contribution in [1.29, 1.82) is 0 Å². The fraction of sp³-hybridized carbons (Fsp3) is 0.308. The lowest BCUT2D eigenvalue weighted by atomic mass is 10.1. The predicted octanol–water partition coefficient (Wildman–Crippen LogP) is 1.65. The summed E-state index contributed by atoms with van der Waals surface area (Å²) in [5.74, 6) is 1.41. The number of hydrogen-bond acceptors (Lipinski definition) is 4. The van der Waals surface area contributed by atoms with E-state index in [1.54, 1.807) is 4.68 Å². The second-order valence-electron chi connectivity index (χ2n) is 4.31. The Hall–Kier alpha value is -2.01. The average molecular weight is 246 g/mol. The van der Waals surface area contributed by atoms with Crippen molar-refractivity contribution in [2.75, 3.05) is 6.79 Å². The van der Waals surface area contributed by atoms with Crippen LogP contribution in [0.4, 0.5) is 0 Å². The van der Waals surface area contributed by atoms with E-state index in [0.717, 1.165) is 17.0 Å². The van der Waals surface area contributed by atoms with E-state index in [4.69, 9.17) is 9.47 Å². The minimum absolute atomic E-state index is 0.243. The van der Waals surface area contributed by atoms with Gasteiger partial charge in [0.25, 0.3) is 0 Å². The van der Waals surface area contributed by atoms with Gasteiger partial charge in [-0.25, -0.2) is 0 Å². The first-order valence-electron chi connectivity index (χ1n) is 5.80. The lowest BCUT2D eigenvalue weighted by Gasteiger charge is -2.11. The van der Waals surface area contributed by atoms with Gasteiger partial charge in [-0.15, -0.1) is 0 Å². The van der Waals surface area contributed by atoms with E-state index < -0.39 is 6.10 Å². The van der Waals surface area contributed by atoms with Gasteiger partial charge < -0.3 is 14.6 Å². The summed E-state index contributed by atoms with van der Waals surface area (Å²) in [7, 11) is 0. The fourth-order valence-corrected chi connectivity index (χ4v) is 1.97. The zero-order valence-electron chi connectivity index (χ0n) is 10.0. The van der Waals surface area contributed by atoms with Crippen molar-refractivity contribution < 1.29 is 14.6 Å². The van der Waals surface area contributed by atoms with Gasteiger partial charge in [0.2, 0.25) is 6.79 Å². The van der Waals surface area contributed by atoms with Crippen LogP contribution >= 0.6 is 0 Å². The summed E-state index contributed by atoms with van der Waals surface area (Å²) >= 11 is 0. The van der Waals surface area contributed by atoms with Gasteiger partial charge in [-0.3, -0.25) is 4.68 Å². The maximum absolute atomic E-state index is 10.2. The van der Waals surface area contributed by atoms with E-state index in [-0.39, 0.29) is 6.79 Å².